The molecular formula is C27H28BrNO5. The number of fused-ring (bicyclic) bond motifs is 1. The number of rotatable bonds is 9. The van der Waals surface area contributed by atoms with Crippen molar-refractivity contribution < 1.29 is 23.7 Å². The van der Waals surface area contributed by atoms with Crippen LogP contribution in [0.5, 0.6) is 28.7 Å². The maximum Gasteiger partial charge on any atom is 0.203 e. The van der Waals surface area contributed by atoms with Gasteiger partial charge in [-0.2, -0.15) is 0 Å². The van der Waals surface area contributed by atoms with E-state index in [-0.39, 0.29) is 0 Å². The molecule has 178 valence electrons. The number of hydrogen-bond acceptors (Lipinski definition) is 6. The van der Waals surface area contributed by atoms with Gasteiger partial charge in [0, 0.05) is 34.3 Å². The molecular weight excluding hydrogens is 498 g/mol. The second-order valence-corrected chi connectivity index (χ2v) is 8.65. The quantitative estimate of drug-likeness (QED) is 0.361. The second kappa shape index (κ2) is 10.8. The topological polar surface area (TPSA) is 58.5 Å². The van der Waals surface area contributed by atoms with Crippen LogP contribution in [-0.2, 0) is 19.4 Å². The third kappa shape index (κ3) is 4.85. The molecule has 3 aromatic rings. The van der Waals surface area contributed by atoms with Gasteiger partial charge in [0.05, 0.1) is 28.4 Å². The monoisotopic (exact) mass is 525 g/mol. The number of hydrogen-bond donors (Lipinski definition) is 0. The van der Waals surface area contributed by atoms with Gasteiger partial charge in [-0.05, 0) is 35.7 Å². The van der Waals surface area contributed by atoms with Crippen LogP contribution < -0.4 is 23.7 Å². The maximum atomic E-state index is 6.21. The van der Waals surface area contributed by atoms with E-state index in [9.17, 15) is 0 Å². The molecule has 0 spiro atoms. The summed E-state index contributed by atoms with van der Waals surface area (Å²) < 4.78 is 29.6. The zero-order chi connectivity index (χ0) is 24.1. The zero-order valence-electron chi connectivity index (χ0n) is 19.8. The van der Waals surface area contributed by atoms with E-state index >= 15 is 0 Å². The standard InChI is InChI=1S/C27H28BrNO5/c1-30-23-13-18(21(28)15-24(23)31-2)12-22-20-14-25(34-16-17-8-6-5-7-9-17)27(33-4)26(32-3)19(20)10-11-29-22/h5-9,13-15H,10-12,16H2,1-4H3. The van der Waals surface area contributed by atoms with Crippen LogP contribution in [0, 0.1) is 0 Å². The molecule has 0 aliphatic carbocycles. The normalized spacial score (nSPS) is 12.4. The van der Waals surface area contributed by atoms with Gasteiger partial charge in [-0.1, -0.05) is 46.3 Å². The molecule has 0 fully saturated rings. The lowest BCUT2D eigenvalue weighted by Gasteiger charge is -2.24. The Hall–Kier alpha value is -3.19. The molecule has 0 aromatic heterocycles. The van der Waals surface area contributed by atoms with Gasteiger partial charge < -0.3 is 23.7 Å². The highest BCUT2D eigenvalue weighted by molar-refractivity contribution is 9.10. The van der Waals surface area contributed by atoms with Crippen molar-refractivity contribution in [2.45, 2.75) is 19.4 Å². The van der Waals surface area contributed by atoms with Crippen molar-refractivity contribution in [1.82, 2.24) is 0 Å². The van der Waals surface area contributed by atoms with E-state index in [4.69, 9.17) is 28.7 Å². The first-order valence-corrected chi connectivity index (χ1v) is 11.8. The summed E-state index contributed by atoms with van der Waals surface area (Å²) in [7, 11) is 6.56. The molecule has 1 heterocycles. The molecule has 0 saturated carbocycles. The number of halogens is 1. The van der Waals surface area contributed by atoms with Crippen LogP contribution in [-0.4, -0.2) is 40.7 Å². The summed E-state index contributed by atoms with van der Waals surface area (Å²) in [6.45, 7) is 1.10. The fourth-order valence-corrected chi connectivity index (χ4v) is 4.63. The summed E-state index contributed by atoms with van der Waals surface area (Å²) in [6, 6.07) is 16.0. The SMILES string of the molecule is COc1cc(Br)c(CC2=NCCc3c2cc(OCc2ccccc2)c(OC)c3OC)cc1OC. The molecule has 6 nitrogen and oxygen atoms in total. The summed E-state index contributed by atoms with van der Waals surface area (Å²) >= 11 is 3.67. The molecule has 0 saturated heterocycles. The van der Waals surface area contributed by atoms with Crippen molar-refractivity contribution in [1.29, 1.82) is 0 Å². The molecule has 1 aliphatic heterocycles. The molecule has 0 unspecified atom stereocenters. The van der Waals surface area contributed by atoms with Crippen molar-refractivity contribution in [3.63, 3.8) is 0 Å². The van der Waals surface area contributed by atoms with Crippen LogP contribution in [0.3, 0.4) is 0 Å². The second-order valence-electron chi connectivity index (χ2n) is 7.80. The molecule has 7 heteroatoms. The molecule has 0 radical (unpaired) electrons. The minimum atomic E-state index is 0.423. The first kappa shape index (κ1) is 24.0. The summed E-state index contributed by atoms with van der Waals surface area (Å²) in [6.07, 6.45) is 1.38. The van der Waals surface area contributed by atoms with Crippen LogP contribution in [0.4, 0.5) is 0 Å². The number of nitrogens with zero attached hydrogens (tertiary/aromatic N) is 1. The first-order valence-electron chi connectivity index (χ1n) is 11.0. The van der Waals surface area contributed by atoms with Crippen molar-refractivity contribution in [3.05, 3.63) is 75.3 Å². The Morgan fingerprint density at radius 1 is 0.824 bits per heavy atom. The Balaban J connectivity index is 1.72. The first-order chi connectivity index (χ1) is 16.6. The van der Waals surface area contributed by atoms with Crippen molar-refractivity contribution in [2.75, 3.05) is 35.0 Å². The van der Waals surface area contributed by atoms with E-state index in [1.165, 1.54) is 0 Å². The Morgan fingerprint density at radius 2 is 1.53 bits per heavy atom. The molecule has 0 bridgehead atoms. The number of aliphatic imine (C=N–C) groups is 1. The van der Waals surface area contributed by atoms with Gasteiger partial charge >= 0.3 is 0 Å². The fourth-order valence-electron chi connectivity index (χ4n) is 4.16. The molecule has 0 atom stereocenters. The molecule has 4 rings (SSSR count). The highest BCUT2D eigenvalue weighted by atomic mass is 79.9. The average Bonchev–Trinajstić information content (AvgIpc) is 2.88. The third-order valence-electron chi connectivity index (χ3n) is 5.84. The van der Waals surface area contributed by atoms with Gasteiger partial charge in [0.15, 0.2) is 23.0 Å². The van der Waals surface area contributed by atoms with Crippen LogP contribution in [0.1, 0.15) is 22.3 Å². The summed E-state index contributed by atoms with van der Waals surface area (Å²) in [5.41, 5.74) is 5.16. The average molecular weight is 526 g/mol. The summed E-state index contributed by atoms with van der Waals surface area (Å²) in [5, 5.41) is 0. The Labute approximate surface area is 208 Å². The molecule has 3 aromatic carbocycles. The maximum absolute atomic E-state index is 6.21. The molecule has 1 aliphatic rings. The highest BCUT2D eigenvalue weighted by Crippen LogP contribution is 2.44. The Kier molecular flexibility index (Phi) is 7.63. The Bertz CT molecular complexity index is 1190. The van der Waals surface area contributed by atoms with Gasteiger partial charge in [0.25, 0.3) is 0 Å². The van der Waals surface area contributed by atoms with Crippen molar-refractivity contribution in [2.24, 2.45) is 4.99 Å². The van der Waals surface area contributed by atoms with E-state index in [0.29, 0.717) is 48.3 Å². The molecule has 0 N–H and O–H groups in total. The minimum Gasteiger partial charge on any atom is -0.493 e. The van der Waals surface area contributed by atoms with Gasteiger partial charge in [-0.3, -0.25) is 4.99 Å². The van der Waals surface area contributed by atoms with Gasteiger partial charge in [0.1, 0.15) is 6.61 Å². The lowest BCUT2D eigenvalue weighted by Crippen LogP contribution is -2.17. The van der Waals surface area contributed by atoms with Gasteiger partial charge in [0.2, 0.25) is 5.75 Å². The largest absolute Gasteiger partial charge is 0.493 e. The zero-order valence-corrected chi connectivity index (χ0v) is 21.4. The molecule has 0 amide bonds. The van der Waals surface area contributed by atoms with Crippen LogP contribution >= 0.6 is 15.9 Å². The summed E-state index contributed by atoms with van der Waals surface area (Å²) in [5.74, 6) is 3.28. The lowest BCUT2D eigenvalue weighted by atomic mass is 9.92. The number of benzene rings is 3. The number of methoxy groups -OCH3 is 4. The van der Waals surface area contributed by atoms with E-state index in [2.05, 4.69) is 15.9 Å². The predicted molar refractivity (Wildman–Crippen MR) is 136 cm³/mol. The minimum absolute atomic E-state index is 0.423. The fraction of sp³-hybridized carbons (Fsp3) is 0.296. The van der Waals surface area contributed by atoms with Crippen molar-refractivity contribution >= 4 is 21.6 Å². The third-order valence-corrected chi connectivity index (χ3v) is 6.57. The van der Waals surface area contributed by atoms with E-state index < -0.39 is 0 Å². The van der Waals surface area contributed by atoms with E-state index in [1.54, 1.807) is 28.4 Å². The highest BCUT2D eigenvalue weighted by Gasteiger charge is 2.26. The molecule has 34 heavy (non-hydrogen) atoms. The predicted octanol–water partition coefficient (Wildman–Crippen LogP) is 5.65. The van der Waals surface area contributed by atoms with Crippen LogP contribution in [0.2, 0.25) is 0 Å². The van der Waals surface area contributed by atoms with Crippen molar-refractivity contribution in [3.8, 4) is 28.7 Å². The van der Waals surface area contributed by atoms with E-state index in [0.717, 1.165) is 38.9 Å². The smallest absolute Gasteiger partial charge is 0.203 e. The van der Waals surface area contributed by atoms with Gasteiger partial charge in [-0.15, -0.1) is 0 Å². The van der Waals surface area contributed by atoms with Crippen LogP contribution in [0.15, 0.2) is 58.0 Å². The van der Waals surface area contributed by atoms with Crippen LogP contribution in [0.25, 0.3) is 0 Å². The number of ether oxygens (including phenoxy) is 5. The van der Waals surface area contributed by atoms with E-state index in [1.807, 2.05) is 48.5 Å². The summed E-state index contributed by atoms with van der Waals surface area (Å²) in [4.78, 5) is 4.87. The lowest BCUT2D eigenvalue weighted by molar-refractivity contribution is 0.274. The Morgan fingerprint density at radius 3 is 2.21 bits per heavy atom. The van der Waals surface area contributed by atoms with Gasteiger partial charge in [-0.25, -0.2) is 0 Å².